The molecule has 1 aliphatic carbocycles. The number of carbonyl (C=O) groups excluding carboxylic acids is 1. The number of oxazole rings is 1. The minimum atomic E-state index is 0.0637. The molecule has 1 amide bonds. The van der Waals surface area contributed by atoms with Gasteiger partial charge in [-0.2, -0.15) is 0 Å². The van der Waals surface area contributed by atoms with Crippen LogP contribution in [-0.4, -0.2) is 24.0 Å². The van der Waals surface area contributed by atoms with Crippen molar-refractivity contribution in [2.45, 2.75) is 31.6 Å². The van der Waals surface area contributed by atoms with E-state index in [2.05, 4.69) is 15.6 Å². The Morgan fingerprint density at radius 2 is 2.24 bits per heavy atom. The molecule has 2 aromatic rings. The highest BCUT2D eigenvalue weighted by atomic mass is 16.3. The fourth-order valence-corrected chi connectivity index (χ4v) is 2.85. The van der Waals surface area contributed by atoms with Crippen LogP contribution >= 0.6 is 0 Å². The summed E-state index contributed by atoms with van der Waals surface area (Å²) in [5, 5.41) is 6.26. The minimum absolute atomic E-state index is 0.0637. The molecule has 2 N–H and O–H groups in total. The molecule has 1 atom stereocenters. The van der Waals surface area contributed by atoms with E-state index in [1.54, 1.807) is 0 Å². The Hall–Kier alpha value is -1.88. The van der Waals surface area contributed by atoms with Crippen LogP contribution < -0.4 is 10.6 Å². The van der Waals surface area contributed by atoms with E-state index in [1.807, 2.05) is 18.2 Å². The number of aromatic nitrogens is 1. The first-order valence-electron chi connectivity index (χ1n) is 7.72. The average Bonchev–Trinajstić information content (AvgIpc) is 3.28. The van der Waals surface area contributed by atoms with Gasteiger partial charge in [-0.15, -0.1) is 0 Å². The van der Waals surface area contributed by atoms with Gasteiger partial charge in [0, 0.05) is 18.2 Å². The molecule has 1 aliphatic heterocycles. The Labute approximate surface area is 123 Å². The Morgan fingerprint density at radius 1 is 1.33 bits per heavy atom. The molecule has 21 heavy (non-hydrogen) atoms. The van der Waals surface area contributed by atoms with Gasteiger partial charge in [-0.3, -0.25) is 4.79 Å². The number of fused-ring (bicyclic) bond motifs is 1. The molecule has 2 aliphatic rings. The number of amides is 1. The van der Waals surface area contributed by atoms with E-state index in [0.29, 0.717) is 5.92 Å². The Morgan fingerprint density at radius 3 is 3.00 bits per heavy atom. The monoisotopic (exact) mass is 285 g/mol. The lowest BCUT2D eigenvalue weighted by Crippen LogP contribution is -2.37. The zero-order chi connectivity index (χ0) is 14.2. The molecule has 1 aromatic heterocycles. The molecular formula is C16H19N3O2. The summed E-state index contributed by atoms with van der Waals surface area (Å²) >= 11 is 0. The first-order valence-corrected chi connectivity index (χ1v) is 7.72. The molecule has 5 nitrogen and oxygen atoms in total. The lowest BCUT2D eigenvalue weighted by atomic mass is 9.99. The van der Waals surface area contributed by atoms with E-state index in [0.717, 1.165) is 48.6 Å². The van der Waals surface area contributed by atoms with Crippen molar-refractivity contribution in [3.63, 3.8) is 0 Å². The summed E-state index contributed by atoms with van der Waals surface area (Å²) < 4.78 is 5.73. The smallest absolute Gasteiger partial charge is 0.228 e. The van der Waals surface area contributed by atoms with E-state index in [1.165, 1.54) is 12.8 Å². The first kappa shape index (κ1) is 12.8. The van der Waals surface area contributed by atoms with Crippen LogP contribution in [0.15, 0.2) is 22.6 Å². The van der Waals surface area contributed by atoms with Crippen LogP contribution in [-0.2, 0) is 4.79 Å². The molecule has 110 valence electrons. The van der Waals surface area contributed by atoms with Gasteiger partial charge < -0.3 is 15.1 Å². The average molecular weight is 285 g/mol. The number of carbonyl (C=O) groups is 1. The van der Waals surface area contributed by atoms with E-state index in [4.69, 9.17) is 4.42 Å². The highest BCUT2D eigenvalue weighted by Gasteiger charge is 2.29. The second-order valence-corrected chi connectivity index (χ2v) is 6.04. The quantitative estimate of drug-likeness (QED) is 0.909. The molecule has 5 heteroatoms. The van der Waals surface area contributed by atoms with Crippen molar-refractivity contribution >= 4 is 22.7 Å². The molecule has 4 rings (SSSR count). The van der Waals surface area contributed by atoms with E-state index in [-0.39, 0.29) is 11.8 Å². The second-order valence-electron chi connectivity index (χ2n) is 6.04. The van der Waals surface area contributed by atoms with Gasteiger partial charge in [-0.1, -0.05) is 0 Å². The highest BCUT2D eigenvalue weighted by molar-refractivity contribution is 5.94. The van der Waals surface area contributed by atoms with Crippen molar-refractivity contribution in [1.82, 2.24) is 10.3 Å². The van der Waals surface area contributed by atoms with Crippen LogP contribution in [0.25, 0.3) is 11.1 Å². The molecule has 2 heterocycles. The Balaban J connectivity index is 1.51. The molecule has 0 spiro atoms. The zero-order valence-electron chi connectivity index (χ0n) is 11.9. The van der Waals surface area contributed by atoms with Crippen molar-refractivity contribution in [3.05, 3.63) is 24.1 Å². The largest absolute Gasteiger partial charge is 0.440 e. The molecular weight excluding hydrogens is 266 g/mol. The van der Waals surface area contributed by atoms with Gasteiger partial charge in [0.15, 0.2) is 11.5 Å². The number of anilines is 1. The van der Waals surface area contributed by atoms with Crippen molar-refractivity contribution in [2.75, 3.05) is 18.4 Å². The van der Waals surface area contributed by atoms with Gasteiger partial charge >= 0.3 is 0 Å². The number of nitrogens with zero attached hydrogens (tertiary/aromatic N) is 1. The van der Waals surface area contributed by atoms with Gasteiger partial charge in [-0.05, 0) is 50.4 Å². The van der Waals surface area contributed by atoms with Crippen molar-refractivity contribution in [1.29, 1.82) is 0 Å². The van der Waals surface area contributed by atoms with Gasteiger partial charge in [0.05, 0.1) is 5.92 Å². The van der Waals surface area contributed by atoms with E-state index >= 15 is 0 Å². The van der Waals surface area contributed by atoms with E-state index < -0.39 is 0 Å². The second kappa shape index (κ2) is 5.15. The maximum atomic E-state index is 12.2. The standard InChI is InChI=1S/C16H19N3O2/c20-15(11-2-1-7-17-9-11)18-12-5-6-14-13(8-12)19-16(21-14)10-3-4-10/h5-6,8,10-11,17H,1-4,7,9H2,(H,18,20)/t11-/m1/s1. The van der Waals surface area contributed by atoms with Gasteiger partial charge in [0.1, 0.15) is 5.52 Å². The first-order chi connectivity index (χ1) is 10.3. The number of piperidine rings is 1. The summed E-state index contributed by atoms with van der Waals surface area (Å²) in [7, 11) is 0. The van der Waals surface area contributed by atoms with Crippen LogP contribution in [0, 0.1) is 5.92 Å². The van der Waals surface area contributed by atoms with Gasteiger partial charge in [-0.25, -0.2) is 4.98 Å². The summed E-state index contributed by atoms with van der Waals surface area (Å²) in [6.07, 6.45) is 4.36. The third-order valence-corrected chi connectivity index (χ3v) is 4.27. The van der Waals surface area contributed by atoms with Gasteiger partial charge in [0.2, 0.25) is 5.91 Å². The van der Waals surface area contributed by atoms with E-state index in [9.17, 15) is 4.79 Å². The predicted octanol–water partition coefficient (Wildman–Crippen LogP) is 2.64. The number of benzene rings is 1. The van der Waals surface area contributed by atoms with Crippen LogP contribution in [0.1, 0.15) is 37.5 Å². The lowest BCUT2D eigenvalue weighted by molar-refractivity contribution is -0.120. The SMILES string of the molecule is O=C(Nc1ccc2oc(C3CC3)nc2c1)[C@@H]1CCCNC1. The number of hydrogen-bond acceptors (Lipinski definition) is 4. The van der Waals surface area contributed by atoms with Crippen molar-refractivity contribution in [3.8, 4) is 0 Å². The Bertz CT molecular complexity index is 669. The lowest BCUT2D eigenvalue weighted by Gasteiger charge is -2.21. The normalized spacial score (nSPS) is 22.4. The zero-order valence-corrected chi connectivity index (χ0v) is 11.9. The molecule has 2 fully saturated rings. The molecule has 1 aromatic carbocycles. The highest BCUT2D eigenvalue weighted by Crippen LogP contribution is 2.40. The van der Waals surface area contributed by atoms with Crippen LogP contribution in [0.4, 0.5) is 5.69 Å². The number of hydrogen-bond donors (Lipinski definition) is 2. The summed E-state index contributed by atoms with van der Waals surface area (Å²) in [5.41, 5.74) is 2.43. The predicted molar refractivity (Wildman–Crippen MR) is 80.2 cm³/mol. The molecule has 0 bridgehead atoms. The topological polar surface area (TPSA) is 67.2 Å². The fraction of sp³-hybridized carbons (Fsp3) is 0.500. The summed E-state index contributed by atoms with van der Waals surface area (Å²) in [6.45, 7) is 1.78. The Kier molecular flexibility index (Phi) is 3.15. The maximum absolute atomic E-state index is 12.2. The third kappa shape index (κ3) is 2.65. The van der Waals surface area contributed by atoms with Crippen molar-refractivity contribution in [2.24, 2.45) is 5.92 Å². The minimum Gasteiger partial charge on any atom is -0.440 e. The number of nitrogens with one attached hydrogen (secondary N) is 2. The molecule has 0 unspecified atom stereocenters. The summed E-state index contributed by atoms with van der Waals surface area (Å²) in [5.74, 6) is 1.50. The van der Waals surface area contributed by atoms with Crippen LogP contribution in [0.5, 0.6) is 0 Å². The summed E-state index contributed by atoms with van der Waals surface area (Å²) in [6, 6.07) is 5.68. The third-order valence-electron chi connectivity index (χ3n) is 4.27. The molecule has 1 saturated carbocycles. The van der Waals surface area contributed by atoms with Crippen LogP contribution in [0.2, 0.25) is 0 Å². The van der Waals surface area contributed by atoms with Gasteiger partial charge in [0.25, 0.3) is 0 Å². The summed E-state index contributed by atoms with van der Waals surface area (Å²) in [4.78, 5) is 16.8. The van der Waals surface area contributed by atoms with Crippen molar-refractivity contribution < 1.29 is 9.21 Å². The fourth-order valence-electron chi connectivity index (χ4n) is 2.85. The number of rotatable bonds is 3. The molecule has 0 radical (unpaired) electrons. The van der Waals surface area contributed by atoms with Crippen LogP contribution in [0.3, 0.4) is 0 Å². The molecule has 1 saturated heterocycles. The maximum Gasteiger partial charge on any atom is 0.228 e.